The van der Waals surface area contributed by atoms with Crippen LogP contribution in [0.2, 0.25) is 0 Å². The van der Waals surface area contributed by atoms with E-state index in [1.54, 1.807) is 0 Å². The number of unbranched alkanes of at least 4 members (excludes halogenated alkanes) is 3. The molecule has 0 aromatic heterocycles. The van der Waals surface area contributed by atoms with E-state index in [1.807, 2.05) is 36.4 Å². The first-order chi connectivity index (χ1) is 12.3. The molecule has 0 unspecified atom stereocenters. The van der Waals surface area contributed by atoms with Crippen LogP contribution in [0.4, 0.5) is 11.4 Å². The van der Waals surface area contributed by atoms with Gasteiger partial charge in [0.2, 0.25) is 0 Å². The van der Waals surface area contributed by atoms with Crippen molar-refractivity contribution in [2.24, 2.45) is 9.98 Å². The Labute approximate surface area is 152 Å². The van der Waals surface area contributed by atoms with Gasteiger partial charge in [0.15, 0.2) is 0 Å². The minimum Gasteiger partial charge on any atom is -0.252 e. The molecule has 0 bridgehead atoms. The molecule has 0 fully saturated rings. The molecule has 2 aromatic carbocycles. The second-order valence-electron chi connectivity index (χ2n) is 6.35. The molecule has 2 nitrogen and oxygen atoms in total. The molecule has 2 aromatic rings. The first-order valence-corrected chi connectivity index (χ1v) is 9.59. The molecule has 25 heavy (non-hydrogen) atoms. The minimum absolute atomic E-state index is 0.989. The lowest BCUT2D eigenvalue weighted by atomic mass is 10.0. The number of benzene rings is 2. The summed E-state index contributed by atoms with van der Waals surface area (Å²) < 4.78 is 0. The third-order valence-corrected chi connectivity index (χ3v) is 4.16. The van der Waals surface area contributed by atoms with Gasteiger partial charge in [0.25, 0.3) is 0 Å². The minimum atomic E-state index is 0.989. The summed E-state index contributed by atoms with van der Waals surface area (Å²) in [5.41, 5.74) is 4.33. The molecule has 0 aliphatic carbocycles. The molecule has 0 spiro atoms. The van der Waals surface area contributed by atoms with E-state index in [2.05, 4.69) is 38.1 Å². The monoisotopic (exact) mass is 334 g/mol. The summed E-state index contributed by atoms with van der Waals surface area (Å²) in [7, 11) is 0. The van der Waals surface area contributed by atoms with Crippen molar-refractivity contribution in [1.82, 2.24) is 0 Å². The number of nitrogens with zero attached hydrogens (tertiary/aromatic N) is 2. The maximum absolute atomic E-state index is 4.97. The Morgan fingerprint density at radius 2 is 1.04 bits per heavy atom. The lowest BCUT2D eigenvalue weighted by molar-refractivity contribution is 0.742. The summed E-state index contributed by atoms with van der Waals surface area (Å²) in [6, 6.07) is 20.5. The normalized spacial score (nSPS) is 12.4. The molecular formula is C23H30N2. The summed E-state index contributed by atoms with van der Waals surface area (Å²) in [5.74, 6) is 0. The van der Waals surface area contributed by atoms with Gasteiger partial charge in [-0.2, -0.15) is 0 Å². The molecule has 132 valence electrons. The van der Waals surface area contributed by atoms with Crippen LogP contribution in [0.25, 0.3) is 0 Å². The van der Waals surface area contributed by atoms with Crippen molar-refractivity contribution in [2.45, 2.75) is 58.8 Å². The fourth-order valence-electron chi connectivity index (χ4n) is 2.73. The van der Waals surface area contributed by atoms with Gasteiger partial charge in [-0.15, -0.1) is 0 Å². The standard InChI is InChI=1S/C23H30N2/c1-3-5-9-19-23(25-21-16-12-8-13-17-21)22(18-6-4-2)24-20-14-10-7-11-15-20/h7-8,10-17H,3-6,9,18-19H2,1-2H3/b24-22+,25-23+. The van der Waals surface area contributed by atoms with Crippen LogP contribution in [0.5, 0.6) is 0 Å². The van der Waals surface area contributed by atoms with Crippen molar-refractivity contribution in [3.63, 3.8) is 0 Å². The van der Waals surface area contributed by atoms with E-state index >= 15 is 0 Å². The van der Waals surface area contributed by atoms with Gasteiger partial charge in [-0.3, -0.25) is 9.98 Å². The Morgan fingerprint density at radius 1 is 0.600 bits per heavy atom. The molecule has 0 saturated carbocycles. The molecule has 0 saturated heterocycles. The third kappa shape index (κ3) is 7.04. The molecular weight excluding hydrogens is 304 g/mol. The summed E-state index contributed by atoms with van der Waals surface area (Å²) in [5, 5.41) is 0. The second-order valence-corrected chi connectivity index (χ2v) is 6.35. The number of hydrogen-bond acceptors (Lipinski definition) is 2. The van der Waals surface area contributed by atoms with Crippen LogP contribution in [-0.4, -0.2) is 11.4 Å². The van der Waals surface area contributed by atoms with E-state index in [4.69, 9.17) is 9.98 Å². The number of hydrogen-bond donors (Lipinski definition) is 0. The lowest BCUT2D eigenvalue weighted by Gasteiger charge is -2.11. The fourth-order valence-corrected chi connectivity index (χ4v) is 2.73. The van der Waals surface area contributed by atoms with Gasteiger partial charge < -0.3 is 0 Å². The summed E-state index contributed by atoms with van der Waals surface area (Å²) >= 11 is 0. The maximum atomic E-state index is 4.97. The highest BCUT2D eigenvalue weighted by Crippen LogP contribution is 2.18. The SMILES string of the molecule is CCCCCC(=N\c1ccccc1)/C(CCCC)=N/c1ccccc1. The van der Waals surface area contributed by atoms with Gasteiger partial charge in [0.05, 0.1) is 22.8 Å². The zero-order valence-electron chi connectivity index (χ0n) is 15.6. The molecule has 0 radical (unpaired) electrons. The van der Waals surface area contributed by atoms with Crippen LogP contribution in [0.15, 0.2) is 70.6 Å². The molecule has 0 aliphatic rings. The van der Waals surface area contributed by atoms with Crippen molar-refractivity contribution >= 4 is 22.8 Å². The van der Waals surface area contributed by atoms with E-state index in [0.717, 1.165) is 42.1 Å². The van der Waals surface area contributed by atoms with Gasteiger partial charge >= 0.3 is 0 Å². The van der Waals surface area contributed by atoms with E-state index in [1.165, 1.54) is 25.7 Å². The van der Waals surface area contributed by atoms with E-state index < -0.39 is 0 Å². The Morgan fingerprint density at radius 3 is 1.48 bits per heavy atom. The van der Waals surface area contributed by atoms with Crippen LogP contribution in [0.1, 0.15) is 58.8 Å². The number of aliphatic imine (C=N–C) groups is 2. The molecule has 2 rings (SSSR count). The van der Waals surface area contributed by atoms with Crippen molar-refractivity contribution in [2.75, 3.05) is 0 Å². The molecule has 0 N–H and O–H groups in total. The highest BCUT2D eigenvalue weighted by atomic mass is 14.8. The van der Waals surface area contributed by atoms with Crippen molar-refractivity contribution in [3.05, 3.63) is 60.7 Å². The maximum Gasteiger partial charge on any atom is 0.0633 e. The van der Waals surface area contributed by atoms with Crippen molar-refractivity contribution in [1.29, 1.82) is 0 Å². The lowest BCUT2D eigenvalue weighted by Crippen LogP contribution is -2.14. The van der Waals surface area contributed by atoms with Crippen molar-refractivity contribution < 1.29 is 0 Å². The Bertz CT molecular complexity index is 657. The zero-order valence-corrected chi connectivity index (χ0v) is 15.6. The Hall–Kier alpha value is -2.22. The molecule has 0 heterocycles. The smallest absolute Gasteiger partial charge is 0.0633 e. The summed E-state index contributed by atoms with van der Waals surface area (Å²) in [4.78, 5) is 9.92. The van der Waals surface area contributed by atoms with Crippen LogP contribution in [0.3, 0.4) is 0 Å². The summed E-state index contributed by atoms with van der Waals surface area (Å²) in [6.07, 6.45) is 7.93. The molecule has 0 atom stereocenters. The second kappa shape index (κ2) is 11.4. The van der Waals surface area contributed by atoms with E-state index in [9.17, 15) is 0 Å². The van der Waals surface area contributed by atoms with Crippen LogP contribution in [-0.2, 0) is 0 Å². The first-order valence-electron chi connectivity index (χ1n) is 9.59. The van der Waals surface area contributed by atoms with Crippen LogP contribution in [0, 0.1) is 0 Å². The quantitative estimate of drug-likeness (QED) is 0.321. The van der Waals surface area contributed by atoms with E-state index in [-0.39, 0.29) is 0 Å². The average molecular weight is 335 g/mol. The third-order valence-electron chi connectivity index (χ3n) is 4.16. The van der Waals surface area contributed by atoms with Crippen LogP contribution >= 0.6 is 0 Å². The van der Waals surface area contributed by atoms with Crippen molar-refractivity contribution in [3.8, 4) is 0 Å². The zero-order chi connectivity index (χ0) is 17.7. The average Bonchev–Trinajstić information content (AvgIpc) is 2.66. The predicted octanol–water partition coefficient (Wildman–Crippen LogP) is 7.30. The van der Waals surface area contributed by atoms with Gasteiger partial charge in [-0.25, -0.2) is 0 Å². The summed E-state index contributed by atoms with van der Waals surface area (Å²) in [6.45, 7) is 4.47. The first kappa shape index (κ1) is 19.1. The number of rotatable bonds is 10. The topological polar surface area (TPSA) is 24.7 Å². The highest BCUT2D eigenvalue weighted by Gasteiger charge is 2.10. The molecule has 0 aliphatic heterocycles. The fraction of sp³-hybridized carbons (Fsp3) is 0.391. The largest absolute Gasteiger partial charge is 0.252 e. The molecule has 2 heteroatoms. The Kier molecular flexibility index (Phi) is 8.68. The van der Waals surface area contributed by atoms with E-state index in [0.29, 0.717) is 0 Å². The molecule has 0 amide bonds. The van der Waals surface area contributed by atoms with Crippen LogP contribution < -0.4 is 0 Å². The Balaban J connectivity index is 2.34. The number of para-hydroxylation sites is 2. The van der Waals surface area contributed by atoms with Gasteiger partial charge in [-0.1, -0.05) is 69.5 Å². The highest BCUT2D eigenvalue weighted by molar-refractivity contribution is 6.43. The predicted molar refractivity (Wildman–Crippen MR) is 111 cm³/mol. The van der Waals surface area contributed by atoms with Gasteiger partial charge in [0, 0.05) is 0 Å². The van der Waals surface area contributed by atoms with Gasteiger partial charge in [0.1, 0.15) is 0 Å². The van der Waals surface area contributed by atoms with Gasteiger partial charge in [-0.05, 0) is 49.9 Å².